The highest BCUT2D eigenvalue weighted by Gasteiger charge is 2.31. The third-order valence-corrected chi connectivity index (χ3v) is 2.96. The van der Waals surface area contributed by atoms with Crippen molar-refractivity contribution in [2.24, 2.45) is 0 Å². The second kappa shape index (κ2) is 3.24. The first-order chi connectivity index (χ1) is 7.02. The Hall–Kier alpha value is -1.54. The lowest BCUT2D eigenvalue weighted by atomic mass is 10.1. The lowest BCUT2D eigenvalue weighted by Gasteiger charge is -2.06. The topological polar surface area (TPSA) is 23.8 Å². The molecule has 0 atom stereocenters. The molecule has 0 saturated heterocycles. The number of nitriles is 1. The minimum Gasteiger partial charge on any atom is -0.192 e. The van der Waals surface area contributed by atoms with Crippen LogP contribution in [-0.4, -0.2) is 0 Å². The maximum atomic E-state index is 12.4. The van der Waals surface area contributed by atoms with Crippen LogP contribution in [0.1, 0.15) is 11.1 Å². The van der Waals surface area contributed by atoms with Crippen LogP contribution in [0.5, 0.6) is 0 Å². The van der Waals surface area contributed by atoms with Crippen molar-refractivity contribution in [3.63, 3.8) is 0 Å². The molecule has 0 N–H and O–H groups in total. The summed E-state index contributed by atoms with van der Waals surface area (Å²) in [5.41, 5.74) is -0.695. The minimum atomic E-state index is -4.40. The summed E-state index contributed by atoms with van der Waals surface area (Å²) >= 11 is 1.27. The molecular weight excluding hydrogens is 223 g/mol. The van der Waals surface area contributed by atoms with Gasteiger partial charge < -0.3 is 0 Å². The monoisotopic (exact) mass is 227 g/mol. The predicted octanol–water partition coefficient (Wildman–Crippen LogP) is 3.79. The van der Waals surface area contributed by atoms with Crippen LogP contribution >= 0.6 is 11.3 Å². The van der Waals surface area contributed by atoms with Crippen molar-refractivity contribution in [1.29, 1.82) is 5.26 Å². The van der Waals surface area contributed by atoms with Gasteiger partial charge in [0.2, 0.25) is 0 Å². The Morgan fingerprint density at radius 3 is 2.60 bits per heavy atom. The van der Waals surface area contributed by atoms with E-state index >= 15 is 0 Å². The number of nitrogens with zero attached hydrogens (tertiary/aromatic N) is 1. The van der Waals surface area contributed by atoms with E-state index in [-0.39, 0.29) is 5.56 Å². The summed E-state index contributed by atoms with van der Waals surface area (Å²) < 4.78 is 37.9. The second-order valence-corrected chi connectivity index (χ2v) is 3.89. The third kappa shape index (κ3) is 1.68. The van der Waals surface area contributed by atoms with Gasteiger partial charge in [-0.2, -0.15) is 18.4 Å². The van der Waals surface area contributed by atoms with Crippen LogP contribution < -0.4 is 0 Å². The SMILES string of the molecule is N#Cc1cc(C(F)(F)F)cc2ccsc12. The van der Waals surface area contributed by atoms with Crippen LogP contribution in [0.4, 0.5) is 13.2 Å². The maximum Gasteiger partial charge on any atom is 0.416 e. The molecule has 0 bridgehead atoms. The second-order valence-electron chi connectivity index (χ2n) is 2.97. The molecule has 0 aliphatic heterocycles. The zero-order valence-corrected chi connectivity index (χ0v) is 8.12. The van der Waals surface area contributed by atoms with Crippen LogP contribution in [0.25, 0.3) is 10.1 Å². The number of hydrogen-bond donors (Lipinski definition) is 0. The Morgan fingerprint density at radius 2 is 2.00 bits per heavy atom. The van der Waals surface area contributed by atoms with Gasteiger partial charge in [0.1, 0.15) is 6.07 Å². The molecule has 0 fully saturated rings. The number of benzene rings is 1. The van der Waals surface area contributed by atoms with Crippen molar-refractivity contribution in [2.45, 2.75) is 6.18 Å². The van der Waals surface area contributed by atoms with Gasteiger partial charge in [-0.25, -0.2) is 0 Å². The molecule has 15 heavy (non-hydrogen) atoms. The summed E-state index contributed by atoms with van der Waals surface area (Å²) in [6.45, 7) is 0. The normalized spacial score (nSPS) is 11.6. The molecule has 1 heterocycles. The van der Waals surface area contributed by atoms with Gasteiger partial charge in [0, 0.05) is 0 Å². The molecule has 1 aromatic carbocycles. The molecule has 0 spiro atoms. The van der Waals surface area contributed by atoms with Crippen molar-refractivity contribution in [1.82, 2.24) is 0 Å². The number of hydrogen-bond acceptors (Lipinski definition) is 2. The molecule has 0 unspecified atom stereocenters. The fraction of sp³-hybridized carbons (Fsp3) is 0.100. The smallest absolute Gasteiger partial charge is 0.192 e. The van der Waals surface area contributed by atoms with Crippen LogP contribution in [-0.2, 0) is 6.18 Å². The van der Waals surface area contributed by atoms with Crippen molar-refractivity contribution in [2.75, 3.05) is 0 Å². The van der Waals surface area contributed by atoms with Gasteiger partial charge in [0.15, 0.2) is 0 Å². The Morgan fingerprint density at radius 1 is 1.27 bits per heavy atom. The highest BCUT2D eigenvalue weighted by molar-refractivity contribution is 7.17. The summed E-state index contributed by atoms with van der Waals surface area (Å²) in [7, 11) is 0. The molecule has 0 amide bonds. The first-order valence-electron chi connectivity index (χ1n) is 4.01. The van der Waals surface area contributed by atoms with E-state index in [1.165, 1.54) is 11.3 Å². The van der Waals surface area contributed by atoms with Crippen LogP contribution in [0, 0.1) is 11.3 Å². The third-order valence-electron chi connectivity index (χ3n) is 2.00. The molecule has 5 heteroatoms. The van der Waals surface area contributed by atoms with E-state index < -0.39 is 11.7 Å². The average molecular weight is 227 g/mol. The molecule has 1 nitrogen and oxygen atoms in total. The molecule has 2 aromatic rings. The van der Waals surface area contributed by atoms with E-state index in [9.17, 15) is 13.2 Å². The van der Waals surface area contributed by atoms with E-state index in [1.807, 2.05) is 0 Å². The molecule has 76 valence electrons. The van der Waals surface area contributed by atoms with Gasteiger partial charge in [-0.1, -0.05) is 0 Å². The first kappa shape index (κ1) is 9.99. The summed E-state index contributed by atoms with van der Waals surface area (Å²) in [5.74, 6) is 0. The predicted molar refractivity (Wildman–Crippen MR) is 51.5 cm³/mol. The van der Waals surface area contributed by atoms with Gasteiger partial charge in [0.25, 0.3) is 0 Å². The minimum absolute atomic E-state index is 0.0785. The lowest BCUT2D eigenvalue weighted by Crippen LogP contribution is -2.04. The fourth-order valence-corrected chi connectivity index (χ4v) is 2.17. The first-order valence-corrected chi connectivity index (χ1v) is 4.89. The van der Waals surface area contributed by atoms with Gasteiger partial charge in [-0.15, -0.1) is 11.3 Å². The molecule has 0 radical (unpaired) electrons. The number of halogens is 3. The summed E-state index contributed by atoms with van der Waals surface area (Å²) in [6, 6.07) is 5.31. The van der Waals surface area contributed by atoms with E-state index in [0.29, 0.717) is 10.1 Å². The summed E-state index contributed by atoms with van der Waals surface area (Å²) in [4.78, 5) is 0. The summed E-state index contributed by atoms with van der Waals surface area (Å²) in [6.07, 6.45) is -4.40. The fourth-order valence-electron chi connectivity index (χ4n) is 1.33. The van der Waals surface area contributed by atoms with Crippen molar-refractivity contribution in [3.05, 3.63) is 34.7 Å². The van der Waals surface area contributed by atoms with Crippen LogP contribution in [0.2, 0.25) is 0 Å². The molecule has 2 rings (SSSR count). The van der Waals surface area contributed by atoms with Crippen molar-refractivity contribution in [3.8, 4) is 6.07 Å². The molecule has 0 aliphatic carbocycles. The Kier molecular flexibility index (Phi) is 2.16. The van der Waals surface area contributed by atoms with E-state index in [4.69, 9.17) is 5.26 Å². The Bertz CT molecular complexity index is 548. The van der Waals surface area contributed by atoms with Crippen LogP contribution in [0.3, 0.4) is 0 Å². The van der Waals surface area contributed by atoms with Gasteiger partial charge in [-0.05, 0) is 29.0 Å². The zero-order valence-electron chi connectivity index (χ0n) is 7.30. The molecule has 1 aromatic heterocycles. The van der Waals surface area contributed by atoms with Crippen molar-refractivity contribution < 1.29 is 13.2 Å². The molecule has 0 saturated carbocycles. The number of thiophene rings is 1. The summed E-state index contributed by atoms with van der Waals surface area (Å²) in [5, 5.41) is 10.9. The maximum absolute atomic E-state index is 12.4. The quantitative estimate of drug-likeness (QED) is 0.671. The highest BCUT2D eigenvalue weighted by Crippen LogP contribution is 2.34. The molecule has 0 aliphatic rings. The zero-order chi connectivity index (χ0) is 11.1. The van der Waals surface area contributed by atoms with E-state index in [2.05, 4.69) is 0 Å². The van der Waals surface area contributed by atoms with Gasteiger partial charge >= 0.3 is 6.18 Å². The number of fused-ring (bicyclic) bond motifs is 1. The van der Waals surface area contributed by atoms with Gasteiger partial charge in [-0.3, -0.25) is 0 Å². The molecular formula is C10H4F3NS. The Balaban J connectivity index is 2.76. The number of rotatable bonds is 0. The standard InChI is InChI=1S/C10H4F3NS/c11-10(12,13)8-3-6-1-2-15-9(6)7(4-8)5-14/h1-4H. The lowest BCUT2D eigenvalue weighted by molar-refractivity contribution is -0.137. The van der Waals surface area contributed by atoms with E-state index in [0.717, 1.165) is 12.1 Å². The number of alkyl halides is 3. The largest absolute Gasteiger partial charge is 0.416 e. The van der Waals surface area contributed by atoms with Crippen LogP contribution in [0.15, 0.2) is 23.6 Å². The van der Waals surface area contributed by atoms with Crippen molar-refractivity contribution >= 4 is 21.4 Å². The van der Waals surface area contributed by atoms with E-state index in [1.54, 1.807) is 17.5 Å². The average Bonchev–Trinajstić information content (AvgIpc) is 2.62. The van der Waals surface area contributed by atoms with Gasteiger partial charge in [0.05, 0.1) is 15.8 Å². The Labute approximate surface area is 87.4 Å². The highest BCUT2D eigenvalue weighted by atomic mass is 32.1.